The first-order valence-corrected chi connectivity index (χ1v) is 14.1. The van der Waals surface area contributed by atoms with Crippen LogP contribution in [0.25, 0.3) is 0 Å². The smallest absolute Gasteiger partial charge is 0.336 e. The van der Waals surface area contributed by atoms with E-state index in [1.165, 1.54) is 16.0 Å². The lowest BCUT2D eigenvalue weighted by atomic mass is 10.2. The van der Waals surface area contributed by atoms with E-state index in [-0.39, 0.29) is 32.1 Å². The number of rotatable bonds is 15. The highest BCUT2D eigenvalue weighted by molar-refractivity contribution is 7.53. The third-order valence-electron chi connectivity index (χ3n) is 4.74. The first-order valence-electron chi connectivity index (χ1n) is 11.5. The molecule has 0 aliphatic heterocycles. The minimum atomic E-state index is -3.31. The standard InChI is InChI=1S/C22H31N6O7PS/c1-6-33-36(30,34-7-2)13-17-14-37-22(23-17)24-21(29)16-8-18(32-12-20-25-26-27-28(20)4)10-19(9-16)35-15(3)11-31-5/h8-10,14-15H,6-7,11-13H2,1-5H3,(H,23,24,29)/t15-/m0/s1. The van der Waals surface area contributed by atoms with Gasteiger partial charge >= 0.3 is 7.60 Å². The molecule has 202 valence electrons. The Morgan fingerprint density at radius 1 is 1.19 bits per heavy atom. The molecule has 0 fully saturated rings. The number of tetrazole rings is 1. The highest BCUT2D eigenvalue weighted by Crippen LogP contribution is 2.51. The predicted octanol–water partition coefficient (Wildman–Crippen LogP) is 3.68. The molecule has 37 heavy (non-hydrogen) atoms. The van der Waals surface area contributed by atoms with Crippen molar-refractivity contribution in [3.63, 3.8) is 0 Å². The van der Waals surface area contributed by atoms with Crippen molar-refractivity contribution in [2.24, 2.45) is 7.05 Å². The Morgan fingerprint density at radius 2 is 1.92 bits per heavy atom. The lowest BCUT2D eigenvalue weighted by Gasteiger charge is -2.16. The van der Waals surface area contributed by atoms with E-state index >= 15 is 0 Å². The number of methoxy groups -OCH3 is 1. The van der Waals surface area contributed by atoms with Crippen molar-refractivity contribution in [2.75, 3.05) is 32.2 Å². The third-order valence-corrected chi connectivity index (χ3v) is 7.56. The zero-order valence-corrected chi connectivity index (χ0v) is 23.1. The molecule has 0 saturated carbocycles. The average molecular weight is 555 g/mol. The topological polar surface area (TPSA) is 149 Å². The number of carbonyl (C=O) groups excluding carboxylic acids is 1. The molecule has 0 aliphatic rings. The fraction of sp³-hybridized carbons (Fsp3) is 0.500. The van der Waals surface area contributed by atoms with Crippen LogP contribution in [0.2, 0.25) is 0 Å². The first kappa shape index (κ1) is 28.7. The number of nitrogens with one attached hydrogen (secondary N) is 1. The summed E-state index contributed by atoms with van der Waals surface area (Å²) in [6.45, 7) is 6.31. The lowest BCUT2D eigenvalue weighted by Crippen LogP contribution is -2.19. The number of aryl methyl sites for hydroxylation is 1. The molecule has 2 aromatic heterocycles. The van der Waals surface area contributed by atoms with Crippen LogP contribution in [0.4, 0.5) is 5.13 Å². The van der Waals surface area contributed by atoms with Crippen LogP contribution in [0.15, 0.2) is 23.6 Å². The van der Waals surface area contributed by atoms with Gasteiger partial charge in [0.25, 0.3) is 5.91 Å². The number of anilines is 1. The second-order valence-electron chi connectivity index (χ2n) is 7.79. The minimum Gasteiger partial charge on any atom is -0.488 e. The lowest BCUT2D eigenvalue weighted by molar-refractivity contribution is 0.0914. The summed E-state index contributed by atoms with van der Waals surface area (Å²) in [5.74, 6) is 0.910. The highest BCUT2D eigenvalue weighted by atomic mass is 32.1. The molecule has 0 radical (unpaired) electrons. The van der Waals surface area contributed by atoms with Crippen LogP contribution in [0.5, 0.6) is 11.5 Å². The van der Waals surface area contributed by atoms with Crippen molar-refractivity contribution in [3.05, 3.63) is 40.7 Å². The Bertz CT molecular complexity index is 1210. The highest BCUT2D eigenvalue weighted by Gasteiger charge is 2.26. The molecular formula is C22H31N6O7PS. The van der Waals surface area contributed by atoms with Gasteiger partial charge in [-0.05, 0) is 43.3 Å². The molecule has 13 nitrogen and oxygen atoms in total. The minimum absolute atomic E-state index is 0.0106. The van der Waals surface area contributed by atoms with Gasteiger partial charge in [0.1, 0.15) is 24.2 Å². The summed E-state index contributed by atoms with van der Waals surface area (Å²) in [5.41, 5.74) is 0.788. The fourth-order valence-electron chi connectivity index (χ4n) is 3.20. The molecule has 0 spiro atoms. The number of thiazole rings is 1. The van der Waals surface area contributed by atoms with Gasteiger partial charge in [-0.1, -0.05) is 0 Å². The summed E-state index contributed by atoms with van der Waals surface area (Å²) >= 11 is 1.21. The molecule has 1 N–H and O–H groups in total. The van der Waals surface area contributed by atoms with Gasteiger partial charge in [-0.3, -0.25) is 14.7 Å². The summed E-state index contributed by atoms with van der Waals surface area (Å²) in [6.07, 6.45) is -0.247. The van der Waals surface area contributed by atoms with Crippen molar-refractivity contribution < 1.29 is 32.6 Å². The SMILES string of the molecule is CCOP(=O)(Cc1csc(NC(=O)c2cc(OCc3nnnn3C)cc(O[C@@H](C)COC)c2)n1)OCC. The number of aromatic nitrogens is 5. The molecule has 0 saturated heterocycles. The van der Waals surface area contributed by atoms with Gasteiger partial charge in [-0.25, -0.2) is 9.67 Å². The maximum atomic E-state index is 13.1. The number of ether oxygens (including phenoxy) is 3. The number of amides is 1. The Labute approximate surface area is 219 Å². The molecule has 0 unspecified atom stereocenters. The molecule has 3 aromatic rings. The third kappa shape index (κ3) is 8.58. The van der Waals surface area contributed by atoms with Gasteiger partial charge in [0.05, 0.1) is 31.7 Å². The Kier molecular flexibility index (Phi) is 10.5. The van der Waals surface area contributed by atoms with E-state index in [0.29, 0.717) is 40.3 Å². The van der Waals surface area contributed by atoms with Gasteiger partial charge in [0.2, 0.25) is 0 Å². The van der Waals surface area contributed by atoms with Crippen molar-refractivity contribution in [1.29, 1.82) is 0 Å². The van der Waals surface area contributed by atoms with E-state index in [1.54, 1.807) is 51.6 Å². The Hall–Kier alpha value is -2.90. The number of hydrogen-bond acceptors (Lipinski definition) is 12. The monoisotopic (exact) mass is 554 g/mol. The summed E-state index contributed by atoms with van der Waals surface area (Å²) in [5, 5.41) is 16.1. The predicted molar refractivity (Wildman–Crippen MR) is 136 cm³/mol. The molecule has 0 aliphatic carbocycles. The second kappa shape index (κ2) is 13.6. The second-order valence-corrected chi connectivity index (χ2v) is 10.7. The van der Waals surface area contributed by atoms with E-state index in [1.807, 2.05) is 6.92 Å². The van der Waals surface area contributed by atoms with Crippen molar-refractivity contribution in [3.8, 4) is 11.5 Å². The van der Waals surface area contributed by atoms with Crippen molar-refractivity contribution >= 4 is 30.0 Å². The van der Waals surface area contributed by atoms with Crippen LogP contribution in [0.3, 0.4) is 0 Å². The maximum absolute atomic E-state index is 13.1. The van der Waals surface area contributed by atoms with Gasteiger partial charge in [0.15, 0.2) is 11.0 Å². The van der Waals surface area contributed by atoms with E-state index in [0.717, 1.165) is 0 Å². The van der Waals surface area contributed by atoms with E-state index in [2.05, 4.69) is 25.8 Å². The normalized spacial score (nSPS) is 12.4. The average Bonchev–Trinajstić information content (AvgIpc) is 3.45. The van der Waals surface area contributed by atoms with E-state index in [4.69, 9.17) is 23.3 Å². The summed E-state index contributed by atoms with van der Waals surface area (Å²) in [6, 6.07) is 4.86. The van der Waals surface area contributed by atoms with Crippen LogP contribution >= 0.6 is 18.9 Å². The summed E-state index contributed by atoms with van der Waals surface area (Å²) < 4.78 is 41.8. The largest absolute Gasteiger partial charge is 0.488 e. The van der Waals surface area contributed by atoms with Crippen LogP contribution in [-0.4, -0.2) is 64.1 Å². The molecule has 1 aromatic carbocycles. The first-order chi connectivity index (χ1) is 17.7. The van der Waals surface area contributed by atoms with Crippen LogP contribution in [-0.2, 0) is 38.2 Å². The van der Waals surface area contributed by atoms with E-state index < -0.39 is 13.5 Å². The molecule has 3 rings (SSSR count). The number of hydrogen-bond donors (Lipinski definition) is 1. The molecule has 1 atom stereocenters. The van der Waals surface area contributed by atoms with Gasteiger partial charge in [0, 0.05) is 31.2 Å². The molecule has 0 bridgehead atoms. The van der Waals surface area contributed by atoms with Crippen LogP contribution in [0, 0.1) is 0 Å². The Balaban J connectivity index is 1.76. The quantitative estimate of drug-likeness (QED) is 0.274. The van der Waals surface area contributed by atoms with Crippen LogP contribution < -0.4 is 14.8 Å². The zero-order chi connectivity index (χ0) is 26.8. The van der Waals surface area contributed by atoms with Crippen molar-refractivity contribution in [2.45, 2.75) is 39.6 Å². The van der Waals surface area contributed by atoms with Crippen LogP contribution in [0.1, 0.15) is 42.6 Å². The molecule has 1 amide bonds. The van der Waals surface area contributed by atoms with Gasteiger partial charge in [-0.2, -0.15) is 0 Å². The molecule has 2 heterocycles. The van der Waals surface area contributed by atoms with Gasteiger partial charge in [-0.15, -0.1) is 16.4 Å². The van der Waals surface area contributed by atoms with Crippen molar-refractivity contribution in [1.82, 2.24) is 25.2 Å². The number of carbonyl (C=O) groups is 1. The zero-order valence-electron chi connectivity index (χ0n) is 21.4. The number of benzene rings is 1. The maximum Gasteiger partial charge on any atom is 0.336 e. The van der Waals surface area contributed by atoms with E-state index in [9.17, 15) is 9.36 Å². The summed E-state index contributed by atoms with van der Waals surface area (Å²) in [4.78, 5) is 17.5. The van der Waals surface area contributed by atoms with Gasteiger partial charge < -0.3 is 23.3 Å². The number of nitrogens with zero attached hydrogens (tertiary/aromatic N) is 5. The molecular weight excluding hydrogens is 523 g/mol. The Morgan fingerprint density at radius 3 is 2.57 bits per heavy atom. The molecule has 15 heteroatoms. The summed E-state index contributed by atoms with van der Waals surface area (Å²) in [7, 11) is -0.0302. The fourth-order valence-corrected chi connectivity index (χ4v) is 5.63.